The SMILES string of the molecule is C/C=C\C=C(/CC)n1c2c(c3ccccc31)-c1cc(B3OC(C)(C)C(C)(C)O3)ccc1N(c1ccccc1)c1ccccc1-2. The predicted octanol–water partition coefficient (Wildman–Crippen LogP) is 9.88. The number of hydrogen-bond donors (Lipinski definition) is 0. The molecule has 1 aromatic heterocycles. The molecule has 0 unspecified atom stereocenters. The second-order valence-corrected chi connectivity index (χ2v) is 12.7. The molecule has 220 valence electrons. The van der Waals surface area contributed by atoms with Crippen LogP contribution in [0.4, 0.5) is 17.1 Å². The number of hydrogen-bond acceptors (Lipinski definition) is 3. The van der Waals surface area contributed by atoms with E-state index in [4.69, 9.17) is 9.31 Å². The van der Waals surface area contributed by atoms with Crippen molar-refractivity contribution in [2.75, 3.05) is 4.90 Å². The fraction of sp³-hybridized carbons (Fsp3) is 0.231. The molecule has 0 amide bonds. The molecule has 5 heteroatoms. The molecule has 0 atom stereocenters. The summed E-state index contributed by atoms with van der Waals surface area (Å²) in [7, 11) is -0.460. The molecule has 2 aliphatic rings. The van der Waals surface area contributed by atoms with Gasteiger partial charge in [0.25, 0.3) is 0 Å². The van der Waals surface area contributed by atoms with E-state index in [0.717, 1.165) is 34.5 Å². The van der Waals surface area contributed by atoms with Gasteiger partial charge in [-0.1, -0.05) is 85.8 Å². The summed E-state index contributed by atoms with van der Waals surface area (Å²) in [5.74, 6) is 0. The van der Waals surface area contributed by atoms with Crippen LogP contribution in [0.1, 0.15) is 48.0 Å². The zero-order valence-corrected chi connectivity index (χ0v) is 26.5. The van der Waals surface area contributed by atoms with Gasteiger partial charge in [0.05, 0.1) is 33.8 Å². The first-order valence-corrected chi connectivity index (χ1v) is 15.7. The van der Waals surface area contributed by atoms with Crippen molar-refractivity contribution in [2.45, 2.75) is 59.2 Å². The van der Waals surface area contributed by atoms with Gasteiger partial charge in [-0.05, 0) is 82.9 Å². The minimum Gasteiger partial charge on any atom is -0.399 e. The number of aromatic nitrogens is 1. The van der Waals surface area contributed by atoms with Crippen LogP contribution in [-0.4, -0.2) is 22.9 Å². The van der Waals surface area contributed by atoms with Crippen LogP contribution in [-0.2, 0) is 9.31 Å². The van der Waals surface area contributed by atoms with Crippen LogP contribution in [0.3, 0.4) is 0 Å². The smallest absolute Gasteiger partial charge is 0.399 e. The Morgan fingerprint density at radius 3 is 2.16 bits per heavy atom. The van der Waals surface area contributed by atoms with E-state index in [9.17, 15) is 0 Å². The Balaban J connectivity index is 1.60. The molecule has 4 nitrogen and oxygen atoms in total. The lowest BCUT2D eigenvalue weighted by atomic mass is 9.77. The van der Waals surface area contributed by atoms with Crippen LogP contribution in [0.15, 0.2) is 115 Å². The van der Waals surface area contributed by atoms with Crippen LogP contribution in [0.25, 0.3) is 39.0 Å². The molecule has 0 radical (unpaired) electrons. The lowest BCUT2D eigenvalue weighted by Crippen LogP contribution is -2.41. The largest absolute Gasteiger partial charge is 0.494 e. The normalized spacial score (nSPS) is 17.1. The lowest BCUT2D eigenvalue weighted by Gasteiger charge is -2.32. The topological polar surface area (TPSA) is 26.6 Å². The summed E-state index contributed by atoms with van der Waals surface area (Å²) in [6.07, 6.45) is 7.37. The van der Waals surface area contributed by atoms with E-state index >= 15 is 0 Å². The molecule has 2 aliphatic heterocycles. The molecule has 0 saturated carbocycles. The Hall–Kier alpha value is -4.32. The standard InChI is InChI=1S/C39H39BN2O2/c1-7-9-17-28(8-2)42-33-22-15-13-20-30(33)36-32-26-27(40-43-38(3,4)39(5,6)44-40)24-25-35(32)41(29-18-11-10-12-19-29)34-23-16-14-21-31(34)37(36)42/h7,9-26H,8H2,1-6H3/b9-7-,28-17+. The van der Waals surface area contributed by atoms with Gasteiger partial charge in [0, 0.05) is 33.5 Å². The van der Waals surface area contributed by atoms with E-state index in [0.29, 0.717) is 0 Å². The number of anilines is 3. The van der Waals surface area contributed by atoms with Crippen molar-refractivity contribution < 1.29 is 9.31 Å². The Morgan fingerprint density at radius 1 is 0.773 bits per heavy atom. The minimum atomic E-state index is -0.460. The van der Waals surface area contributed by atoms with Gasteiger partial charge in [0.15, 0.2) is 0 Å². The third-order valence-corrected chi connectivity index (χ3v) is 9.48. The molecule has 44 heavy (non-hydrogen) atoms. The van der Waals surface area contributed by atoms with Crippen molar-refractivity contribution in [3.63, 3.8) is 0 Å². The van der Waals surface area contributed by atoms with E-state index in [-0.39, 0.29) is 0 Å². The highest BCUT2D eigenvalue weighted by Gasteiger charge is 2.52. The van der Waals surface area contributed by atoms with E-state index in [1.807, 2.05) is 0 Å². The number of benzene rings is 4. The van der Waals surface area contributed by atoms with Crippen LogP contribution in [0.5, 0.6) is 0 Å². The molecule has 3 heterocycles. The Bertz CT molecular complexity index is 1920. The fourth-order valence-electron chi connectivity index (χ4n) is 6.55. The molecular formula is C39H39BN2O2. The van der Waals surface area contributed by atoms with Crippen molar-refractivity contribution in [1.29, 1.82) is 0 Å². The van der Waals surface area contributed by atoms with Gasteiger partial charge in [-0.15, -0.1) is 0 Å². The van der Waals surface area contributed by atoms with Crippen LogP contribution < -0.4 is 10.4 Å². The first-order chi connectivity index (χ1) is 21.3. The van der Waals surface area contributed by atoms with E-state index in [1.54, 1.807) is 0 Å². The highest BCUT2D eigenvalue weighted by Crippen LogP contribution is 2.54. The van der Waals surface area contributed by atoms with Crippen LogP contribution in [0, 0.1) is 0 Å². The summed E-state index contributed by atoms with van der Waals surface area (Å²) in [6.45, 7) is 12.7. The molecule has 0 N–H and O–H groups in total. The Morgan fingerprint density at radius 2 is 1.43 bits per heavy atom. The Kier molecular flexibility index (Phi) is 6.91. The number of para-hydroxylation sites is 3. The number of rotatable bonds is 5. The Labute approximate surface area is 261 Å². The van der Waals surface area contributed by atoms with Gasteiger partial charge in [-0.25, -0.2) is 0 Å². The molecule has 1 fully saturated rings. The van der Waals surface area contributed by atoms with Gasteiger partial charge in [0.1, 0.15) is 0 Å². The van der Waals surface area contributed by atoms with E-state index < -0.39 is 18.3 Å². The maximum atomic E-state index is 6.57. The van der Waals surface area contributed by atoms with Gasteiger partial charge >= 0.3 is 7.12 Å². The van der Waals surface area contributed by atoms with Crippen molar-refractivity contribution in [3.05, 3.63) is 115 Å². The quantitative estimate of drug-likeness (QED) is 0.150. The van der Waals surface area contributed by atoms with Crippen molar-refractivity contribution in [3.8, 4) is 22.4 Å². The summed E-state index contributed by atoms with van der Waals surface area (Å²) in [6, 6.07) is 35.0. The average molecular weight is 579 g/mol. The summed E-state index contributed by atoms with van der Waals surface area (Å²) >= 11 is 0. The van der Waals surface area contributed by atoms with Crippen LogP contribution in [0.2, 0.25) is 0 Å². The zero-order valence-electron chi connectivity index (χ0n) is 26.5. The van der Waals surface area contributed by atoms with Crippen molar-refractivity contribution in [2.24, 2.45) is 0 Å². The first kappa shape index (κ1) is 28.5. The maximum absolute atomic E-state index is 6.57. The highest BCUT2D eigenvalue weighted by molar-refractivity contribution is 6.62. The number of allylic oxidation sites excluding steroid dienone is 4. The van der Waals surface area contributed by atoms with Gasteiger partial charge < -0.3 is 18.8 Å². The molecular weight excluding hydrogens is 539 g/mol. The van der Waals surface area contributed by atoms with Crippen LogP contribution >= 0.6 is 0 Å². The maximum Gasteiger partial charge on any atom is 0.494 e. The zero-order chi connectivity index (χ0) is 30.6. The third-order valence-electron chi connectivity index (χ3n) is 9.48. The number of nitrogens with zero attached hydrogens (tertiary/aromatic N) is 2. The molecule has 1 saturated heterocycles. The van der Waals surface area contributed by atoms with Gasteiger partial charge in [-0.2, -0.15) is 0 Å². The van der Waals surface area contributed by atoms with Crippen molar-refractivity contribution in [1.82, 2.24) is 4.57 Å². The highest BCUT2D eigenvalue weighted by atomic mass is 16.7. The molecule has 7 rings (SSSR count). The molecule has 0 bridgehead atoms. The molecule has 0 aliphatic carbocycles. The fourth-order valence-corrected chi connectivity index (χ4v) is 6.55. The summed E-state index contributed by atoms with van der Waals surface area (Å²) < 4.78 is 15.6. The second-order valence-electron chi connectivity index (χ2n) is 12.7. The van der Waals surface area contributed by atoms with E-state index in [1.165, 1.54) is 33.4 Å². The predicted molar refractivity (Wildman–Crippen MR) is 186 cm³/mol. The lowest BCUT2D eigenvalue weighted by molar-refractivity contribution is 0.00578. The second kappa shape index (κ2) is 10.7. The summed E-state index contributed by atoms with van der Waals surface area (Å²) in [5.41, 5.74) is 10.8. The number of fused-ring (bicyclic) bond motifs is 7. The monoisotopic (exact) mass is 578 g/mol. The van der Waals surface area contributed by atoms with Gasteiger partial charge in [0.2, 0.25) is 0 Å². The minimum absolute atomic E-state index is 0.425. The third kappa shape index (κ3) is 4.37. The summed E-state index contributed by atoms with van der Waals surface area (Å²) in [4.78, 5) is 2.40. The first-order valence-electron chi connectivity index (χ1n) is 15.7. The molecule has 4 aromatic carbocycles. The summed E-state index contributed by atoms with van der Waals surface area (Å²) in [5, 5.41) is 1.22. The molecule has 0 spiro atoms. The van der Waals surface area contributed by atoms with Gasteiger partial charge in [-0.3, -0.25) is 0 Å². The van der Waals surface area contributed by atoms with Crippen molar-refractivity contribution >= 4 is 46.2 Å². The van der Waals surface area contributed by atoms with E-state index in [2.05, 4.69) is 166 Å². The average Bonchev–Trinajstić information content (AvgIpc) is 3.43. The molecule has 5 aromatic rings.